The molecule has 1 heterocycles. The van der Waals surface area contributed by atoms with Crippen LogP contribution in [0.15, 0.2) is 40.7 Å². The van der Waals surface area contributed by atoms with Gasteiger partial charge in [0.2, 0.25) is 0 Å². The number of rotatable bonds is 10. The molecule has 1 aliphatic rings. The fourth-order valence-electron chi connectivity index (χ4n) is 3.99. The lowest BCUT2D eigenvalue weighted by Gasteiger charge is -2.36. The number of hydrogen-bond donors (Lipinski definition) is 2. The number of thioether (sulfide) groups is 1. The van der Waals surface area contributed by atoms with Crippen LogP contribution in [0.25, 0.3) is 0 Å². The van der Waals surface area contributed by atoms with Gasteiger partial charge in [0.05, 0.1) is 16.8 Å². The average Bonchev–Trinajstić information content (AvgIpc) is 3.22. The van der Waals surface area contributed by atoms with Crippen molar-refractivity contribution in [3.05, 3.63) is 42.1 Å². The highest BCUT2D eigenvalue weighted by atomic mass is 32.2. The predicted molar refractivity (Wildman–Crippen MR) is 127 cm³/mol. The van der Waals surface area contributed by atoms with Crippen LogP contribution >= 0.6 is 23.1 Å². The second kappa shape index (κ2) is 12.1. The number of nitrogens with zero attached hydrogens (tertiary/aromatic N) is 2. The van der Waals surface area contributed by atoms with Gasteiger partial charge in [-0.3, -0.25) is 10.1 Å². The Labute approximate surface area is 192 Å². The smallest absolute Gasteiger partial charge is 0.323 e. The molecule has 1 aliphatic carbocycles. The van der Waals surface area contributed by atoms with Crippen molar-refractivity contribution in [2.75, 3.05) is 17.6 Å². The van der Waals surface area contributed by atoms with Crippen LogP contribution in [0.2, 0.25) is 0 Å². The first kappa shape index (κ1) is 23.6. The van der Waals surface area contributed by atoms with Gasteiger partial charge in [0.15, 0.2) is 5.13 Å². The normalized spacial score (nSPS) is 18.5. The van der Waals surface area contributed by atoms with Crippen LogP contribution in [0.4, 0.5) is 9.93 Å². The molecule has 0 bridgehead atoms. The summed E-state index contributed by atoms with van der Waals surface area (Å²) in [4.78, 5) is 30.2. The number of carboxylic acid groups (broad SMARTS) is 1. The maximum Gasteiger partial charge on any atom is 0.323 e. The van der Waals surface area contributed by atoms with Gasteiger partial charge >= 0.3 is 12.0 Å². The number of aliphatic carboxylic acids is 1. The van der Waals surface area contributed by atoms with E-state index in [2.05, 4.69) is 29.4 Å². The summed E-state index contributed by atoms with van der Waals surface area (Å²) in [5.74, 6) is 0.464. The van der Waals surface area contributed by atoms with E-state index in [1.807, 2.05) is 23.1 Å². The Kier molecular flexibility index (Phi) is 9.21. The molecule has 1 aromatic heterocycles. The highest BCUT2D eigenvalue weighted by Crippen LogP contribution is 2.31. The zero-order valence-electron chi connectivity index (χ0n) is 18.0. The number of thiazole rings is 1. The summed E-state index contributed by atoms with van der Waals surface area (Å²) < 4.78 is 0.913. The molecule has 0 unspecified atom stereocenters. The molecule has 0 atom stereocenters. The van der Waals surface area contributed by atoms with Gasteiger partial charge in [0.1, 0.15) is 0 Å². The Morgan fingerprint density at radius 1 is 1.23 bits per heavy atom. The highest BCUT2D eigenvalue weighted by molar-refractivity contribution is 8.01. The summed E-state index contributed by atoms with van der Waals surface area (Å²) in [6, 6.07) is 10.4. The molecule has 168 valence electrons. The number of nitrogens with one attached hydrogen (secondary N) is 1. The summed E-state index contributed by atoms with van der Waals surface area (Å²) >= 11 is 2.85. The van der Waals surface area contributed by atoms with Gasteiger partial charge < -0.3 is 10.0 Å². The first-order chi connectivity index (χ1) is 15.0. The van der Waals surface area contributed by atoms with Crippen LogP contribution in [0.1, 0.15) is 51.0 Å². The Balaban J connectivity index is 1.61. The molecule has 0 saturated heterocycles. The molecular weight excluding hydrogens is 430 g/mol. The maximum atomic E-state index is 13.2. The van der Waals surface area contributed by atoms with Crippen molar-refractivity contribution in [2.24, 2.45) is 5.92 Å². The first-order valence-electron chi connectivity index (χ1n) is 11.0. The summed E-state index contributed by atoms with van der Waals surface area (Å²) in [6.07, 6.45) is 8.31. The molecule has 1 aromatic carbocycles. The van der Waals surface area contributed by atoms with Crippen LogP contribution in [0.5, 0.6) is 0 Å². The van der Waals surface area contributed by atoms with Crippen LogP contribution in [-0.4, -0.2) is 45.3 Å². The topological polar surface area (TPSA) is 82.5 Å². The molecule has 31 heavy (non-hydrogen) atoms. The van der Waals surface area contributed by atoms with Crippen molar-refractivity contribution in [3.8, 4) is 0 Å². The van der Waals surface area contributed by atoms with Gasteiger partial charge in [0.25, 0.3) is 0 Å². The van der Waals surface area contributed by atoms with E-state index in [1.54, 1.807) is 6.20 Å². The van der Waals surface area contributed by atoms with Crippen molar-refractivity contribution in [2.45, 2.75) is 62.1 Å². The summed E-state index contributed by atoms with van der Waals surface area (Å²) in [5, 5.41) is 12.3. The minimum Gasteiger partial charge on any atom is -0.481 e. The Morgan fingerprint density at radius 3 is 2.65 bits per heavy atom. The van der Waals surface area contributed by atoms with Crippen molar-refractivity contribution in [3.63, 3.8) is 0 Å². The summed E-state index contributed by atoms with van der Waals surface area (Å²) in [6.45, 7) is 2.93. The van der Waals surface area contributed by atoms with Gasteiger partial charge in [-0.15, -0.1) is 11.8 Å². The van der Waals surface area contributed by atoms with Gasteiger partial charge in [-0.25, -0.2) is 9.78 Å². The third-order valence-corrected chi connectivity index (χ3v) is 7.95. The summed E-state index contributed by atoms with van der Waals surface area (Å²) in [5.41, 5.74) is 1.23. The molecule has 1 fully saturated rings. The highest BCUT2D eigenvalue weighted by Gasteiger charge is 2.28. The predicted octanol–water partition coefficient (Wildman–Crippen LogP) is 5.76. The fourth-order valence-corrected chi connectivity index (χ4v) is 5.86. The molecule has 0 spiro atoms. The summed E-state index contributed by atoms with van der Waals surface area (Å²) in [7, 11) is 0. The van der Waals surface area contributed by atoms with Crippen molar-refractivity contribution in [1.82, 2.24) is 9.88 Å². The van der Waals surface area contributed by atoms with Gasteiger partial charge in [-0.1, -0.05) is 55.0 Å². The first-order valence-corrected chi connectivity index (χ1v) is 12.8. The van der Waals surface area contributed by atoms with Crippen LogP contribution in [-0.2, 0) is 11.2 Å². The quantitative estimate of drug-likeness (QED) is 0.440. The van der Waals surface area contributed by atoms with E-state index in [0.29, 0.717) is 17.4 Å². The fraction of sp³-hybridized carbons (Fsp3) is 0.522. The van der Waals surface area contributed by atoms with E-state index in [-0.39, 0.29) is 18.5 Å². The van der Waals surface area contributed by atoms with E-state index in [4.69, 9.17) is 5.11 Å². The zero-order chi connectivity index (χ0) is 22.1. The Hall–Kier alpha value is -2.06. The number of aromatic nitrogens is 1. The van der Waals surface area contributed by atoms with Crippen LogP contribution < -0.4 is 5.32 Å². The number of hydrogen-bond acceptors (Lipinski definition) is 5. The monoisotopic (exact) mass is 461 g/mol. The molecule has 1 saturated carbocycles. The van der Waals surface area contributed by atoms with E-state index < -0.39 is 5.97 Å². The SMILES string of the molecule is CCC1CCC(N(CCc2ccccc2)C(=O)Nc2ncc(SCCC(=O)O)s2)CC1. The molecule has 2 aromatic rings. The molecule has 0 radical (unpaired) electrons. The molecule has 6 nitrogen and oxygen atoms in total. The molecule has 2 N–H and O–H groups in total. The molecule has 0 aliphatic heterocycles. The Morgan fingerprint density at radius 2 is 1.97 bits per heavy atom. The van der Waals surface area contributed by atoms with Crippen molar-refractivity contribution < 1.29 is 14.7 Å². The molecule has 2 amide bonds. The van der Waals surface area contributed by atoms with Gasteiger partial charge in [-0.2, -0.15) is 0 Å². The zero-order valence-corrected chi connectivity index (χ0v) is 19.6. The van der Waals surface area contributed by atoms with Gasteiger partial charge in [-0.05, 0) is 43.6 Å². The average molecular weight is 462 g/mol. The standard InChI is InChI=1S/C23H31N3O3S2/c1-2-17-8-10-19(11-9-17)26(14-12-18-6-4-3-5-7-18)23(29)25-22-24-16-21(31-22)30-15-13-20(27)28/h3-7,16-17,19H,2,8-15H2,1H3,(H,27,28)(H,24,25,29). The molecular formula is C23H31N3O3S2. The lowest BCUT2D eigenvalue weighted by atomic mass is 9.84. The van der Waals surface area contributed by atoms with Crippen LogP contribution in [0.3, 0.4) is 0 Å². The van der Waals surface area contributed by atoms with E-state index >= 15 is 0 Å². The van der Waals surface area contributed by atoms with Gasteiger partial charge in [0, 0.05) is 18.3 Å². The Bertz CT molecular complexity index is 836. The number of anilines is 1. The second-order valence-electron chi connectivity index (χ2n) is 7.92. The third-order valence-electron chi connectivity index (χ3n) is 5.84. The largest absolute Gasteiger partial charge is 0.481 e. The van der Waals surface area contributed by atoms with Crippen molar-refractivity contribution in [1.29, 1.82) is 0 Å². The maximum absolute atomic E-state index is 13.2. The minimum atomic E-state index is -0.808. The number of benzene rings is 1. The molecule has 8 heteroatoms. The number of carbonyl (C=O) groups excluding carboxylic acids is 1. The number of carboxylic acids is 1. The lowest BCUT2D eigenvalue weighted by molar-refractivity contribution is -0.136. The van der Waals surface area contributed by atoms with E-state index in [9.17, 15) is 9.59 Å². The number of carbonyl (C=O) groups is 2. The lowest BCUT2D eigenvalue weighted by Crippen LogP contribution is -2.45. The van der Waals surface area contributed by atoms with E-state index in [0.717, 1.165) is 29.4 Å². The molecule has 3 rings (SSSR count). The van der Waals surface area contributed by atoms with E-state index in [1.165, 1.54) is 47.9 Å². The minimum absolute atomic E-state index is 0.0904. The second-order valence-corrected chi connectivity index (χ2v) is 10.3. The number of urea groups is 1. The third kappa shape index (κ3) is 7.54. The number of amides is 2. The van der Waals surface area contributed by atoms with Crippen molar-refractivity contribution >= 4 is 40.2 Å². The van der Waals surface area contributed by atoms with Crippen LogP contribution in [0, 0.1) is 5.92 Å².